The van der Waals surface area contributed by atoms with E-state index in [2.05, 4.69) is 31.1 Å². The van der Waals surface area contributed by atoms with Crippen LogP contribution in [0, 0.1) is 0 Å². The smallest absolute Gasteiger partial charge is 0.500 e. The van der Waals surface area contributed by atoms with Gasteiger partial charge in [-0.2, -0.15) is 0 Å². The molecule has 0 fully saturated rings. The molecule has 4 rings (SSSR count). The lowest BCUT2D eigenvalue weighted by Crippen LogP contribution is -3.00. The first kappa shape index (κ1) is 79.6. The Bertz CT molecular complexity index is 2140. The summed E-state index contributed by atoms with van der Waals surface area (Å²) in [4.78, 5) is 0. The minimum absolute atomic E-state index is 0. The van der Waals surface area contributed by atoms with E-state index < -0.39 is 35.2 Å². The van der Waals surface area contributed by atoms with Crippen LogP contribution in [0.3, 0.4) is 0 Å². The van der Waals surface area contributed by atoms with Crippen molar-refractivity contribution in [3.8, 4) is 0 Å². The number of hydrogen-bond acceptors (Lipinski definition) is 20. The molecule has 0 radical (unpaired) electrons. The van der Waals surface area contributed by atoms with Crippen molar-refractivity contribution in [1.82, 2.24) is 9.13 Å². The summed E-state index contributed by atoms with van der Waals surface area (Å²) in [7, 11) is 9.43. The first-order valence-corrected chi connectivity index (χ1v) is 34.8. The number of nitrogens with one attached hydrogen (secondary N) is 2. The SMILES string of the molecule is CCO[Si](CCCN)(OCC)OCC.CCO[Si](CCCNc1ccc(N=Nc2n(C)cc[n+]2C)cc1)(OC)OCC.CO[Si](CCCN)(OC)OC.CO[Si](CCCNc1ccc(N=Nc2n(C)cc[n+]2C)cc1)(OC)OC.[Cl-].[Cl-]. The number of imidazole rings is 2. The third kappa shape index (κ3) is 29.8. The number of rotatable bonds is 37. The van der Waals surface area contributed by atoms with E-state index in [1.54, 1.807) is 49.8 Å². The quantitative estimate of drug-likeness (QED) is 0.0219. The molecule has 0 unspecified atom stereocenters. The van der Waals surface area contributed by atoms with Crippen molar-refractivity contribution in [3.63, 3.8) is 0 Å². The molecule has 0 amide bonds. The lowest BCUT2D eigenvalue weighted by atomic mass is 10.3. The monoisotopic (exact) mass is 1250 g/mol. The van der Waals surface area contributed by atoms with Crippen molar-refractivity contribution in [2.24, 2.45) is 60.1 Å². The van der Waals surface area contributed by atoms with Crippen molar-refractivity contribution in [2.45, 2.75) is 84.5 Å². The fourth-order valence-corrected chi connectivity index (χ4v) is 16.0. The molecular formula is C51H100Cl2N12O12Si4. The number of anilines is 2. The zero-order valence-corrected chi connectivity index (χ0v) is 56.8. The topological polar surface area (TPSA) is 254 Å². The lowest BCUT2D eigenvalue weighted by molar-refractivity contribution is -0.657. The first-order chi connectivity index (χ1) is 38.0. The summed E-state index contributed by atoms with van der Waals surface area (Å²) >= 11 is 0. The van der Waals surface area contributed by atoms with Gasteiger partial charge < -0.3 is 100 Å². The van der Waals surface area contributed by atoms with Crippen LogP contribution in [0.2, 0.25) is 24.2 Å². The number of halogens is 2. The Morgan fingerprint density at radius 2 is 0.716 bits per heavy atom. The second kappa shape index (κ2) is 45.9. The van der Waals surface area contributed by atoms with Crippen LogP contribution in [0.15, 0.2) is 93.8 Å². The molecule has 0 aliphatic heterocycles. The fraction of sp³-hybridized carbons (Fsp3) is 0.647. The van der Waals surface area contributed by atoms with Crippen molar-refractivity contribution in [1.29, 1.82) is 0 Å². The summed E-state index contributed by atoms with van der Waals surface area (Å²) in [5, 5.41) is 24.0. The van der Waals surface area contributed by atoms with Crippen molar-refractivity contribution >= 4 is 69.9 Å². The van der Waals surface area contributed by atoms with E-state index in [0.29, 0.717) is 46.1 Å². The number of nitrogens with two attached hydrogens (primary N) is 2. The molecule has 0 aliphatic carbocycles. The highest BCUT2D eigenvalue weighted by Crippen LogP contribution is 2.23. The molecule has 2 aromatic heterocycles. The Balaban J connectivity index is 0. The molecular weight excluding hydrogens is 1160 g/mol. The molecule has 81 heavy (non-hydrogen) atoms. The predicted octanol–water partition coefficient (Wildman–Crippen LogP) is 2.28. The fourth-order valence-electron chi connectivity index (χ4n) is 7.61. The number of azo groups is 2. The van der Waals surface area contributed by atoms with Crippen molar-refractivity contribution in [2.75, 3.05) is 120 Å². The van der Waals surface area contributed by atoms with E-state index in [1.807, 2.05) is 154 Å². The van der Waals surface area contributed by atoms with Crippen LogP contribution in [0.1, 0.15) is 60.3 Å². The summed E-state index contributed by atoms with van der Waals surface area (Å²) in [5.74, 6) is 1.57. The largest absolute Gasteiger partial charge is 1.00 e. The molecule has 0 spiro atoms. The van der Waals surface area contributed by atoms with Crippen LogP contribution in [-0.4, -0.2) is 153 Å². The molecule has 0 saturated carbocycles. The van der Waals surface area contributed by atoms with Gasteiger partial charge in [0.15, 0.2) is 0 Å². The number of aryl methyl sites for hydroxylation is 4. The Labute approximate surface area is 501 Å². The van der Waals surface area contributed by atoms with Gasteiger partial charge in [0.1, 0.15) is 11.4 Å². The summed E-state index contributed by atoms with van der Waals surface area (Å²) < 4.78 is 73.6. The van der Waals surface area contributed by atoms with E-state index in [4.69, 9.17) is 64.6 Å². The highest BCUT2D eigenvalue weighted by Gasteiger charge is 2.40. The molecule has 2 aromatic carbocycles. The van der Waals surface area contributed by atoms with Crippen LogP contribution >= 0.6 is 0 Å². The maximum Gasteiger partial charge on any atom is 0.500 e. The van der Waals surface area contributed by atoms with Gasteiger partial charge in [-0.05, 0) is 122 Å². The van der Waals surface area contributed by atoms with Gasteiger partial charge in [0, 0.05) is 142 Å². The Kier molecular flexibility index (Phi) is 45.1. The Morgan fingerprint density at radius 3 is 0.988 bits per heavy atom. The van der Waals surface area contributed by atoms with Crippen LogP contribution in [-0.2, 0) is 81.3 Å². The van der Waals surface area contributed by atoms with Crippen LogP contribution < -0.4 is 56.0 Å². The third-order valence-corrected chi connectivity index (χ3v) is 23.7. The van der Waals surface area contributed by atoms with E-state index in [-0.39, 0.29) is 24.8 Å². The summed E-state index contributed by atoms with van der Waals surface area (Å²) in [6.45, 7) is 15.9. The van der Waals surface area contributed by atoms with Gasteiger partial charge in [-0.3, -0.25) is 0 Å². The van der Waals surface area contributed by atoms with E-state index in [1.165, 1.54) is 0 Å². The highest BCUT2D eigenvalue weighted by molar-refractivity contribution is 6.61. The van der Waals surface area contributed by atoms with Gasteiger partial charge in [0.05, 0.1) is 53.0 Å². The molecule has 466 valence electrons. The van der Waals surface area contributed by atoms with Gasteiger partial charge >= 0.3 is 47.1 Å². The molecule has 30 heteroatoms. The van der Waals surface area contributed by atoms with Crippen molar-refractivity contribution in [3.05, 3.63) is 73.3 Å². The predicted molar refractivity (Wildman–Crippen MR) is 317 cm³/mol. The zero-order valence-electron chi connectivity index (χ0n) is 51.3. The molecule has 0 aliphatic rings. The van der Waals surface area contributed by atoms with Gasteiger partial charge in [0.25, 0.3) is 0 Å². The molecule has 0 saturated heterocycles. The second-order valence-electron chi connectivity index (χ2n) is 17.3. The normalized spacial score (nSPS) is 11.7. The summed E-state index contributed by atoms with van der Waals surface area (Å²) in [6.07, 6.45) is 11.3. The van der Waals surface area contributed by atoms with Crippen molar-refractivity contribution < 1.29 is 87.1 Å². The molecule has 0 bridgehead atoms. The maximum atomic E-state index is 5.80. The molecule has 2 heterocycles. The minimum Gasteiger partial charge on any atom is -1.00 e. The van der Waals surface area contributed by atoms with Gasteiger partial charge in [0.2, 0.25) is 0 Å². The third-order valence-electron chi connectivity index (χ3n) is 11.9. The number of hydrogen-bond donors (Lipinski definition) is 4. The van der Waals surface area contributed by atoms with E-state index in [0.717, 1.165) is 97.6 Å². The van der Waals surface area contributed by atoms with Gasteiger partial charge in [-0.25, -0.2) is 18.3 Å². The zero-order chi connectivity index (χ0) is 59.0. The Morgan fingerprint density at radius 1 is 0.432 bits per heavy atom. The van der Waals surface area contributed by atoms with Gasteiger partial charge in [-0.15, -0.1) is 0 Å². The number of benzene rings is 2. The first-order valence-electron chi connectivity index (χ1n) is 27.0. The van der Waals surface area contributed by atoms with E-state index in [9.17, 15) is 0 Å². The molecule has 6 N–H and O–H groups in total. The minimum atomic E-state index is -2.53. The number of nitrogens with zero attached hydrogens (tertiary/aromatic N) is 8. The average Bonchev–Trinajstić information content (AvgIpc) is 3.97. The standard InChI is InChI=1S/C19H31N5O3Si.C17H27N5O3Si.C9H23NO3Si.C6H17NO3Si.2ClH/c1-6-26-28(25-5,27-7-2)16-8-13-20-17-9-11-18(12-10-17)21-22-19-23(3)14-15-24(19)4;1-21-12-13-22(2)17(21)20-19-16-9-7-15(8-10-16)18-11-6-14-26(23-3,24-4)25-5;1-4-11-14(12-5-2,13-6-3)9-7-8-10;1-8-11(9-2,10-3)6-4-5-7;;/h9-12,14-15H,6-8,13,16H2,1-5H3;7-10,12-13H,6,11,14H2,1-5H3;4-10H2,1-3H3;4-7H2,1-3H3;2*1H. The number of aromatic nitrogens is 4. The highest BCUT2D eigenvalue weighted by atomic mass is 35.5. The molecule has 4 aromatic rings. The molecule has 24 nitrogen and oxygen atoms in total. The lowest BCUT2D eigenvalue weighted by Gasteiger charge is -2.28. The van der Waals surface area contributed by atoms with E-state index >= 15 is 0 Å². The summed E-state index contributed by atoms with van der Waals surface area (Å²) in [6, 6.07) is 18.9. The van der Waals surface area contributed by atoms with Crippen LogP contribution in [0.5, 0.6) is 0 Å². The maximum absolute atomic E-state index is 5.80. The Hall–Kier alpha value is -3.45. The molecule has 0 atom stereocenters. The van der Waals surface area contributed by atoms with Crippen LogP contribution in [0.25, 0.3) is 0 Å². The van der Waals surface area contributed by atoms with Crippen LogP contribution in [0.4, 0.5) is 34.6 Å². The average molecular weight is 1260 g/mol. The second-order valence-corrected chi connectivity index (χ2v) is 29.1. The summed E-state index contributed by atoms with van der Waals surface area (Å²) in [5.41, 5.74) is 14.5. The van der Waals surface area contributed by atoms with Gasteiger partial charge in [-0.1, -0.05) is 10.2 Å².